The van der Waals surface area contributed by atoms with Crippen LogP contribution in [0.1, 0.15) is 24.5 Å². The summed E-state index contributed by atoms with van der Waals surface area (Å²) >= 11 is 1.30. The molecule has 3 rings (SSSR count). The lowest BCUT2D eigenvalue weighted by Gasteiger charge is -2.25. The van der Waals surface area contributed by atoms with Gasteiger partial charge in [0.2, 0.25) is 15.9 Å². The highest BCUT2D eigenvalue weighted by molar-refractivity contribution is 7.89. The number of anilines is 1. The minimum absolute atomic E-state index is 0.0213. The highest BCUT2D eigenvalue weighted by Crippen LogP contribution is 2.33. The third-order valence-corrected chi connectivity index (χ3v) is 6.77. The van der Waals surface area contributed by atoms with Gasteiger partial charge in [0.05, 0.1) is 17.7 Å². The standard InChI is InChI=1S/C20H22N2O5S2/c1-14(2)19(23)22-15-7-9-16(10-8-15)29(25,26)21-13-20(24,17-5-3-11-27-17)18-6-4-12-28-18/h3-12,14,21,24H,13H2,1-2H3,(H,22,23). The number of amides is 1. The molecule has 29 heavy (non-hydrogen) atoms. The van der Waals surface area contributed by atoms with Crippen LogP contribution in [0, 0.1) is 5.92 Å². The van der Waals surface area contributed by atoms with Gasteiger partial charge >= 0.3 is 0 Å². The molecule has 0 fully saturated rings. The molecule has 0 spiro atoms. The number of furan rings is 1. The van der Waals surface area contributed by atoms with Gasteiger partial charge in [-0.3, -0.25) is 4.79 Å². The van der Waals surface area contributed by atoms with Crippen molar-refractivity contribution in [3.63, 3.8) is 0 Å². The van der Waals surface area contributed by atoms with Crippen LogP contribution in [0.15, 0.2) is 69.5 Å². The molecule has 0 bridgehead atoms. The Bertz CT molecular complexity index is 1010. The van der Waals surface area contributed by atoms with Crippen molar-refractivity contribution in [3.05, 3.63) is 70.8 Å². The van der Waals surface area contributed by atoms with E-state index in [9.17, 15) is 18.3 Å². The Balaban J connectivity index is 1.77. The number of carbonyl (C=O) groups excluding carboxylic acids is 1. The van der Waals surface area contributed by atoms with Crippen LogP contribution >= 0.6 is 11.3 Å². The fourth-order valence-electron chi connectivity index (χ4n) is 2.61. The van der Waals surface area contributed by atoms with Crippen LogP contribution in [0.4, 0.5) is 5.69 Å². The minimum Gasteiger partial charge on any atom is -0.466 e. The van der Waals surface area contributed by atoms with Crippen LogP contribution in [0.3, 0.4) is 0 Å². The first-order chi connectivity index (χ1) is 13.7. The second kappa shape index (κ2) is 8.50. The molecule has 2 aromatic heterocycles. The largest absolute Gasteiger partial charge is 0.466 e. The van der Waals surface area contributed by atoms with Gasteiger partial charge in [-0.25, -0.2) is 13.1 Å². The van der Waals surface area contributed by atoms with E-state index in [-0.39, 0.29) is 29.0 Å². The summed E-state index contributed by atoms with van der Waals surface area (Å²) in [6, 6.07) is 12.6. The van der Waals surface area contributed by atoms with E-state index in [2.05, 4.69) is 10.0 Å². The van der Waals surface area contributed by atoms with Crippen molar-refractivity contribution in [1.29, 1.82) is 0 Å². The lowest BCUT2D eigenvalue weighted by atomic mass is 9.99. The summed E-state index contributed by atoms with van der Waals surface area (Å²) < 4.78 is 33.2. The van der Waals surface area contributed by atoms with Crippen LogP contribution in [0.2, 0.25) is 0 Å². The number of hydrogen-bond acceptors (Lipinski definition) is 6. The fraction of sp³-hybridized carbons (Fsp3) is 0.250. The first kappa shape index (κ1) is 21.3. The zero-order valence-electron chi connectivity index (χ0n) is 16.0. The number of thiophene rings is 1. The number of nitrogens with one attached hydrogen (secondary N) is 2. The van der Waals surface area contributed by atoms with Crippen LogP contribution in [0.5, 0.6) is 0 Å². The SMILES string of the molecule is CC(C)C(=O)Nc1ccc(S(=O)(=O)NCC(O)(c2ccco2)c2cccs2)cc1. The molecular weight excluding hydrogens is 412 g/mol. The molecule has 0 saturated heterocycles. The fourth-order valence-corrected chi connectivity index (χ4v) is 4.50. The van der Waals surface area contributed by atoms with E-state index in [0.717, 1.165) is 0 Å². The predicted octanol–water partition coefficient (Wildman–Crippen LogP) is 3.15. The summed E-state index contributed by atoms with van der Waals surface area (Å²) in [6.07, 6.45) is 1.42. The molecule has 154 valence electrons. The van der Waals surface area contributed by atoms with Crippen molar-refractivity contribution in [3.8, 4) is 0 Å². The van der Waals surface area contributed by atoms with Gasteiger partial charge in [-0.1, -0.05) is 19.9 Å². The number of hydrogen-bond donors (Lipinski definition) is 3. The average molecular weight is 435 g/mol. The third kappa shape index (κ3) is 4.76. The molecule has 0 aliphatic heterocycles. The van der Waals surface area contributed by atoms with Gasteiger partial charge in [0.25, 0.3) is 0 Å². The van der Waals surface area contributed by atoms with Crippen LogP contribution in [-0.4, -0.2) is 26.0 Å². The Hall–Kier alpha value is -2.46. The second-order valence-corrected chi connectivity index (χ2v) is 9.52. The van der Waals surface area contributed by atoms with Crippen molar-refractivity contribution in [1.82, 2.24) is 4.72 Å². The maximum Gasteiger partial charge on any atom is 0.240 e. The lowest BCUT2D eigenvalue weighted by Crippen LogP contribution is -2.40. The lowest BCUT2D eigenvalue weighted by molar-refractivity contribution is -0.118. The molecule has 3 N–H and O–H groups in total. The van der Waals surface area contributed by atoms with Crippen molar-refractivity contribution in [2.75, 3.05) is 11.9 Å². The summed E-state index contributed by atoms with van der Waals surface area (Å²) in [5.41, 5.74) is -1.12. The summed E-state index contributed by atoms with van der Waals surface area (Å²) in [5.74, 6) is -0.0933. The monoisotopic (exact) mass is 434 g/mol. The molecule has 0 aliphatic carbocycles. The normalized spacial score (nSPS) is 13.9. The van der Waals surface area contributed by atoms with Crippen molar-refractivity contribution < 1.29 is 22.7 Å². The smallest absolute Gasteiger partial charge is 0.240 e. The molecule has 0 radical (unpaired) electrons. The summed E-state index contributed by atoms with van der Waals surface area (Å²) in [7, 11) is -3.90. The predicted molar refractivity (Wildman–Crippen MR) is 111 cm³/mol. The Labute approximate surface area is 173 Å². The maximum absolute atomic E-state index is 12.7. The van der Waals surface area contributed by atoms with Crippen LogP contribution in [0.25, 0.3) is 0 Å². The topological polar surface area (TPSA) is 109 Å². The number of aliphatic hydroxyl groups is 1. The van der Waals surface area contributed by atoms with E-state index in [1.54, 1.807) is 43.5 Å². The van der Waals surface area contributed by atoms with Gasteiger partial charge in [0, 0.05) is 16.5 Å². The zero-order valence-corrected chi connectivity index (χ0v) is 17.6. The van der Waals surface area contributed by atoms with Crippen molar-refractivity contribution in [2.24, 2.45) is 5.92 Å². The van der Waals surface area contributed by atoms with Gasteiger partial charge in [0.1, 0.15) is 5.76 Å². The van der Waals surface area contributed by atoms with E-state index in [4.69, 9.17) is 4.42 Å². The van der Waals surface area contributed by atoms with Gasteiger partial charge < -0.3 is 14.8 Å². The number of benzene rings is 1. The number of carbonyl (C=O) groups is 1. The average Bonchev–Trinajstić information content (AvgIpc) is 3.41. The highest BCUT2D eigenvalue weighted by Gasteiger charge is 2.37. The molecular formula is C20H22N2O5S2. The van der Waals surface area contributed by atoms with Gasteiger partial charge in [0.15, 0.2) is 5.60 Å². The van der Waals surface area contributed by atoms with Crippen LogP contribution in [-0.2, 0) is 20.4 Å². The molecule has 9 heteroatoms. The summed E-state index contributed by atoms with van der Waals surface area (Å²) in [6.45, 7) is 3.24. The minimum atomic E-state index is -3.90. The number of sulfonamides is 1. The Kier molecular flexibility index (Phi) is 6.23. The number of rotatable bonds is 8. The van der Waals surface area contributed by atoms with Crippen LogP contribution < -0.4 is 10.0 Å². The zero-order chi connectivity index (χ0) is 21.1. The Morgan fingerprint density at radius 3 is 2.45 bits per heavy atom. The van der Waals surface area contributed by atoms with Crippen molar-refractivity contribution >= 4 is 33.0 Å². The van der Waals surface area contributed by atoms with E-state index in [1.807, 2.05) is 0 Å². The van der Waals surface area contributed by atoms with E-state index < -0.39 is 15.6 Å². The Morgan fingerprint density at radius 2 is 1.90 bits per heavy atom. The summed E-state index contributed by atoms with van der Waals surface area (Å²) in [4.78, 5) is 12.3. The molecule has 2 heterocycles. The first-order valence-corrected chi connectivity index (χ1v) is 11.3. The Morgan fingerprint density at radius 1 is 1.17 bits per heavy atom. The molecule has 1 atom stereocenters. The molecule has 7 nitrogen and oxygen atoms in total. The molecule has 0 aliphatic rings. The van der Waals surface area contributed by atoms with Gasteiger partial charge in [-0.15, -0.1) is 11.3 Å². The second-order valence-electron chi connectivity index (χ2n) is 6.81. The maximum atomic E-state index is 12.7. The molecule has 3 aromatic rings. The molecule has 1 unspecified atom stereocenters. The molecule has 1 aromatic carbocycles. The van der Waals surface area contributed by atoms with E-state index >= 15 is 0 Å². The molecule has 1 amide bonds. The van der Waals surface area contributed by atoms with Crippen molar-refractivity contribution in [2.45, 2.75) is 24.3 Å². The molecule has 0 saturated carbocycles. The van der Waals surface area contributed by atoms with Gasteiger partial charge in [-0.05, 0) is 47.8 Å². The van der Waals surface area contributed by atoms with Gasteiger partial charge in [-0.2, -0.15) is 0 Å². The third-order valence-electron chi connectivity index (χ3n) is 4.33. The van der Waals surface area contributed by atoms with E-state index in [1.165, 1.54) is 41.9 Å². The van der Waals surface area contributed by atoms with E-state index in [0.29, 0.717) is 10.6 Å². The summed E-state index contributed by atoms with van der Waals surface area (Å²) in [5, 5.41) is 15.7. The quantitative estimate of drug-likeness (QED) is 0.505. The highest BCUT2D eigenvalue weighted by atomic mass is 32.2. The first-order valence-electron chi connectivity index (χ1n) is 8.93.